The molecule has 0 radical (unpaired) electrons. The van der Waals surface area contributed by atoms with Crippen LogP contribution in [0.1, 0.15) is 13.8 Å². The van der Waals surface area contributed by atoms with Crippen molar-refractivity contribution in [2.45, 2.75) is 26.0 Å². The van der Waals surface area contributed by atoms with Gasteiger partial charge in [-0.1, -0.05) is 0 Å². The van der Waals surface area contributed by atoms with Crippen LogP contribution in [0.25, 0.3) is 0 Å². The highest BCUT2D eigenvalue weighted by molar-refractivity contribution is 4.66. The zero-order chi connectivity index (χ0) is 11.0. The first-order valence-corrected chi connectivity index (χ1v) is 5.18. The topological polar surface area (TPSA) is 44.7 Å². The second-order valence-corrected chi connectivity index (χ2v) is 3.85. The largest absolute Gasteiger partial charge is 0.395 e. The molecule has 4 heteroatoms. The lowest BCUT2D eigenvalue weighted by Gasteiger charge is -2.22. The summed E-state index contributed by atoms with van der Waals surface area (Å²) in [6, 6.07) is 0.152. The number of rotatable bonds is 8. The summed E-state index contributed by atoms with van der Waals surface area (Å²) in [5, 5.41) is 12.0. The molecule has 14 heavy (non-hydrogen) atoms. The van der Waals surface area contributed by atoms with E-state index in [0.29, 0.717) is 6.10 Å². The van der Waals surface area contributed by atoms with E-state index in [9.17, 15) is 0 Å². The number of aliphatic hydroxyl groups is 1. The van der Waals surface area contributed by atoms with Crippen LogP contribution in [0, 0.1) is 0 Å². The third-order valence-corrected chi connectivity index (χ3v) is 2.08. The molecule has 1 unspecified atom stereocenters. The van der Waals surface area contributed by atoms with E-state index in [1.54, 1.807) is 0 Å². The van der Waals surface area contributed by atoms with Gasteiger partial charge in [0.25, 0.3) is 0 Å². The van der Waals surface area contributed by atoms with E-state index < -0.39 is 0 Å². The lowest BCUT2D eigenvalue weighted by molar-refractivity contribution is 0.0608. The van der Waals surface area contributed by atoms with Crippen LogP contribution in [-0.4, -0.2) is 62.6 Å². The molecule has 0 saturated heterocycles. The number of hydrogen-bond acceptors (Lipinski definition) is 4. The maximum atomic E-state index is 8.97. The van der Waals surface area contributed by atoms with Gasteiger partial charge in [-0.15, -0.1) is 0 Å². The molecule has 2 N–H and O–H groups in total. The summed E-state index contributed by atoms with van der Waals surface area (Å²) in [4.78, 5) is 2.15. The number of aliphatic hydroxyl groups excluding tert-OH is 1. The number of ether oxygens (including phenoxy) is 1. The fraction of sp³-hybridized carbons (Fsp3) is 1.00. The summed E-state index contributed by atoms with van der Waals surface area (Å²) < 4.78 is 5.44. The van der Waals surface area contributed by atoms with Crippen molar-refractivity contribution in [1.29, 1.82) is 0 Å². The Morgan fingerprint density at radius 3 is 2.50 bits per heavy atom. The molecule has 0 heterocycles. The van der Waals surface area contributed by atoms with E-state index in [2.05, 4.69) is 10.2 Å². The van der Waals surface area contributed by atoms with Crippen molar-refractivity contribution in [3.8, 4) is 0 Å². The highest BCUT2D eigenvalue weighted by Crippen LogP contribution is 1.91. The Balaban J connectivity index is 3.48. The van der Waals surface area contributed by atoms with E-state index in [1.807, 2.05) is 27.9 Å². The Morgan fingerprint density at radius 1 is 1.43 bits per heavy atom. The maximum Gasteiger partial charge on any atom is 0.0597 e. The standard InChI is InChI=1S/C10H24N2O2/c1-9(2)14-6-5-12(4)7-10(8-13)11-3/h9-11,13H,5-8H2,1-4H3. The van der Waals surface area contributed by atoms with Gasteiger partial charge in [-0.3, -0.25) is 0 Å². The molecule has 0 rings (SSSR count). The molecule has 0 aliphatic rings. The van der Waals surface area contributed by atoms with Crippen molar-refractivity contribution in [2.75, 3.05) is 40.4 Å². The van der Waals surface area contributed by atoms with Crippen LogP contribution in [0.4, 0.5) is 0 Å². The smallest absolute Gasteiger partial charge is 0.0597 e. The summed E-state index contributed by atoms with van der Waals surface area (Å²) in [5.74, 6) is 0. The first-order chi connectivity index (χ1) is 6.60. The summed E-state index contributed by atoms with van der Waals surface area (Å²) in [6.07, 6.45) is 0.293. The molecular weight excluding hydrogens is 180 g/mol. The van der Waals surface area contributed by atoms with E-state index in [4.69, 9.17) is 9.84 Å². The van der Waals surface area contributed by atoms with Crippen molar-refractivity contribution in [1.82, 2.24) is 10.2 Å². The second-order valence-electron chi connectivity index (χ2n) is 3.85. The molecule has 0 fully saturated rings. The van der Waals surface area contributed by atoms with E-state index in [1.165, 1.54) is 0 Å². The van der Waals surface area contributed by atoms with Gasteiger partial charge >= 0.3 is 0 Å². The molecule has 0 aromatic rings. The molecule has 0 amide bonds. The van der Waals surface area contributed by atoms with Gasteiger partial charge in [-0.2, -0.15) is 0 Å². The van der Waals surface area contributed by atoms with Crippen molar-refractivity contribution < 1.29 is 9.84 Å². The Morgan fingerprint density at radius 2 is 2.07 bits per heavy atom. The average molecular weight is 204 g/mol. The van der Waals surface area contributed by atoms with Gasteiger partial charge < -0.3 is 20.1 Å². The zero-order valence-electron chi connectivity index (χ0n) is 9.79. The fourth-order valence-corrected chi connectivity index (χ4v) is 1.15. The van der Waals surface area contributed by atoms with Gasteiger partial charge in [-0.25, -0.2) is 0 Å². The van der Waals surface area contributed by atoms with Crippen LogP contribution in [0.3, 0.4) is 0 Å². The molecular formula is C10H24N2O2. The summed E-state index contributed by atoms with van der Waals surface area (Å²) in [7, 11) is 3.89. The predicted molar refractivity (Wildman–Crippen MR) is 58.5 cm³/mol. The van der Waals surface area contributed by atoms with Gasteiger partial charge in [0.15, 0.2) is 0 Å². The second kappa shape index (κ2) is 8.17. The Kier molecular flexibility index (Phi) is 8.08. The molecule has 0 bridgehead atoms. The minimum Gasteiger partial charge on any atom is -0.395 e. The van der Waals surface area contributed by atoms with Gasteiger partial charge in [-0.05, 0) is 27.9 Å². The third kappa shape index (κ3) is 7.26. The summed E-state index contributed by atoms with van der Waals surface area (Å²) in [5.41, 5.74) is 0. The minimum atomic E-state index is 0.152. The summed E-state index contributed by atoms with van der Waals surface area (Å²) >= 11 is 0. The SMILES string of the molecule is CNC(CO)CN(C)CCOC(C)C. The van der Waals surface area contributed by atoms with E-state index >= 15 is 0 Å². The van der Waals surface area contributed by atoms with Crippen molar-refractivity contribution in [3.63, 3.8) is 0 Å². The van der Waals surface area contributed by atoms with Crippen LogP contribution in [0.15, 0.2) is 0 Å². The quantitative estimate of drug-likeness (QED) is 0.581. The Bertz CT molecular complexity index is 127. The highest BCUT2D eigenvalue weighted by Gasteiger charge is 2.07. The number of hydrogen-bond donors (Lipinski definition) is 2. The third-order valence-electron chi connectivity index (χ3n) is 2.08. The predicted octanol–water partition coefficient (Wildman–Crippen LogP) is -0.0765. The maximum absolute atomic E-state index is 8.97. The van der Waals surface area contributed by atoms with Gasteiger partial charge in [0.1, 0.15) is 0 Å². The molecule has 0 aromatic heterocycles. The number of nitrogens with one attached hydrogen (secondary N) is 1. The molecule has 0 aromatic carbocycles. The molecule has 0 spiro atoms. The molecule has 0 aliphatic carbocycles. The van der Waals surface area contributed by atoms with Crippen LogP contribution >= 0.6 is 0 Å². The van der Waals surface area contributed by atoms with Crippen molar-refractivity contribution >= 4 is 0 Å². The Labute approximate surface area is 87.2 Å². The van der Waals surface area contributed by atoms with Crippen LogP contribution in [0.5, 0.6) is 0 Å². The van der Waals surface area contributed by atoms with Crippen LogP contribution < -0.4 is 5.32 Å². The molecule has 1 atom stereocenters. The fourth-order valence-electron chi connectivity index (χ4n) is 1.15. The molecule has 0 aliphatic heterocycles. The number of nitrogens with zero attached hydrogens (tertiary/aromatic N) is 1. The summed E-state index contributed by atoms with van der Waals surface area (Å²) in [6.45, 7) is 6.72. The van der Waals surface area contributed by atoms with Crippen molar-refractivity contribution in [3.05, 3.63) is 0 Å². The lowest BCUT2D eigenvalue weighted by atomic mass is 10.3. The molecule has 86 valence electrons. The normalized spacial score (nSPS) is 13.9. The first kappa shape index (κ1) is 13.8. The van der Waals surface area contributed by atoms with Crippen LogP contribution in [0.2, 0.25) is 0 Å². The van der Waals surface area contributed by atoms with E-state index in [0.717, 1.165) is 19.7 Å². The average Bonchev–Trinajstić information content (AvgIpc) is 2.13. The monoisotopic (exact) mass is 204 g/mol. The number of likely N-dealkylation sites (N-methyl/N-ethyl adjacent to an activating group) is 2. The van der Waals surface area contributed by atoms with Crippen molar-refractivity contribution in [2.24, 2.45) is 0 Å². The van der Waals surface area contributed by atoms with Gasteiger partial charge in [0.05, 0.1) is 19.3 Å². The lowest BCUT2D eigenvalue weighted by Crippen LogP contribution is -2.41. The van der Waals surface area contributed by atoms with Gasteiger partial charge in [0, 0.05) is 19.1 Å². The minimum absolute atomic E-state index is 0.152. The molecule has 4 nitrogen and oxygen atoms in total. The zero-order valence-corrected chi connectivity index (χ0v) is 9.79. The molecule has 0 saturated carbocycles. The van der Waals surface area contributed by atoms with Crippen LogP contribution in [-0.2, 0) is 4.74 Å². The highest BCUT2D eigenvalue weighted by atomic mass is 16.5. The van der Waals surface area contributed by atoms with E-state index in [-0.39, 0.29) is 12.6 Å². The Hall–Kier alpha value is -0.160. The first-order valence-electron chi connectivity index (χ1n) is 5.18. The van der Waals surface area contributed by atoms with Gasteiger partial charge in [0.2, 0.25) is 0 Å².